The fourth-order valence-corrected chi connectivity index (χ4v) is 2.64. The van der Waals surface area contributed by atoms with E-state index in [1.54, 1.807) is 6.07 Å². The van der Waals surface area contributed by atoms with Crippen molar-refractivity contribution in [3.8, 4) is 0 Å². The second-order valence-electron chi connectivity index (χ2n) is 4.94. The maximum atomic E-state index is 13.7. The summed E-state index contributed by atoms with van der Waals surface area (Å²) in [4.78, 5) is 0. The van der Waals surface area contributed by atoms with Gasteiger partial charge in [-0.2, -0.15) is 0 Å². The van der Waals surface area contributed by atoms with Gasteiger partial charge in [0.2, 0.25) is 0 Å². The summed E-state index contributed by atoms with van der Waals surface area (Å²) in [5, 5.41) is 2.87. The molecule has 0 aromatic heterocycles. The van der Waals surface area contributed by atoms with E-state index in [1.807, 2.05) is 12.1 Å². The summed E-state index contributed by atoms with van der Waals surface area (Å²) in [7, 11) is 0. The first-order valence-corrected chi connectivity index (χ1v) is 6.34. The molecule has 104 valence electrons. The van der Waals surface area contributed by atoms with Crippen molar-refractivity contribution in [3.63, 3.8) is 0 Å². The lowest BCUT2D eigenvalue weighted by Crippen LogP contribution is -2.09. The number of benzene rings is 2. The molecule has 3 rings (SSSR count). The lowest BCUT2D eigenvalue weighted by Gasteiger charge is -2.16. The zero-order chi connectivity index (χ0) is 14.3. The van der Waals surface area contributed by atoms with Gasteiger partial charge in [-0.25, -0.2) is 13.2 Å². The van der Waals surface area contributed by atoms with Crippen LogP contribution in [0.25, 0.3) is 0 Å². The fraction of sp³-hybridized carbons (Fsp3) is 0.200. The van der Waals surface area contributed by atoms with E-state index in [9.17, 15) is 13.2 Å². The molecule has 0 saturated heterocycles. The summed E-state index contributed by atoms with van der Waals surface area (Å²) >= 11 is 0. The van der Waals surface area contributed by atoms with Gasteiger partial charge in [0.05, 0.1) is 11.7 Å². The van der Waals surface area contributed by atoms with Crippen LogP contribution in [0.1, 0.15) is 23.6 Å². The predicted molar refractivity (Wildman–Crippen MR) is 71.9 cm³/mol. The number of nitrogen functional groups attached to an aromatic ring is 1. The van der Waals surface area contributed by atoms with Crippen LogP contribution in [0.15, 0.2) is 30.3 Å². The highest BCUT2D eigenvalue weighted by Gasteiger charge is 2.24. The van der Waals surface area contributed by atoms with Gasteiger partial charge in [-0.05, 0) is 36.1 Å². The van der Waals surface area contributed by atoms with E-state index in [2.05, 4.69) is 5.32 Å². The molecular weight excluding hydrogens is 265 g/mol. The highest BCUT2D eigenvalue weighted by Crippen LogP contribution is 2.35. The number of nitrogens with one attached hydrogen (secondary N) is 1. The number of hydrogen-bond acceptors (Lipinski definition) is 2. The van der Waals surface area contributed by atoms with Crippen LogP contribution in [-0.2, 0) is 6.42 Å². The van der Waals surface area contributed by atoms with Crippen molar-refractivity contribution in [2.75, 3.05) is 11.1 Å². The standard InChI is InChI=1S/C15H13F3N2/c16-9-6-12(17)15(18)14(7-9)20-13-4-1-8-5-10(19)2-3-11(8)13/h2-3,5-7,13,20H,1,4,19H2. The summed E-state index contributed by atoms with van der Waals surface area (Å²) in [5.41, 5.74) is 8.30. The number of aryl methyl sites for hydroxylation is 1. The van der Waals surface area contributed by atoms with Gasteiger partial charge in [0, 0.05) is 17.8 Å². The number of fused-ring (bicyclic) bond motifs is 1. The molecule has 20 heavy (non-hydrogen) atoms. The minimum absolute atomic E-state index is 0.155. The molecule has 3 N–H and O–H groups in total. The highest BCUT2D eigenvalue weighted by atomic mass is 19.2. The molecule has 0 saturated carbocycles. The van der Waals surface area contributed by atoms with Gasteiger partial charge in [0.15, 0.2) is 11.6 Å². The Labute approximate surface area is 114 Å². The normalized spacial score (nSPS) is 17.1. The molecule has 5 heteroatoms. The first kappa shape index (κ1) is 12.8. The average Bonchev–Trinajstić information content (AvgIpc) is 2.77. The Morgan fingerprint density at radius 1 is 1.10 bits per heavy atom. The van der Waals surface area contributed by atoms with Crippen LogP contribution in [0.3, 0.4) is 0 Å². The van der Waals surface area contributed by atoms with E-state index < -0.39 is 17.5 Å². The molecule has 0 spiro atoms. The predicted octanol–water partition coefficient (Wildman–Crippen LogP) is 3.79. The Morgan fingerprint density at radius 2 is 1.90 bits per heavy atom. The smallest absolute Gasteiger partial charge is 0.182 e. The van der Waals surface area contributed by atoms with Crippen LogP contribution >= 0.6 is 0 Å². The van der Waals surface area contributed by atoms with Crippen LogP contribution in [0.2, 0.25) is 0 Å². The van der Waals surface area contributed by atoms with Crippen LogP contribution < -0.4 is 11.1 Å². The summed E-state index contributed by atoms with van der Waals surface area (Å²) in [6.45, 7) is 0. The minimum atomic E-state index is -1.19. The number of halogens is 3. The lowest BCUT2D eigenvalue weighted by molar-refractivity contribution is 0.496. The monoisotopic (exact) mass is 278 g/mol. The van der Waals surface area contributed by atoms with Crippen molar-refractivity contribution in [2.24, 2.45) is 0 Å². The second-order valence-corrected chi connectivity index (χ2v) is 4.94. The summed E-state index contributed by atoms with van der Waals surface area (Å²) in [6, 6.07) is 6.84. The SMILES string of the molecule is Nc1ccc2c(c1)CCC2Nc1cc(F)cc(F)c1F. The Hall–Kier alpha value is -2.17. The molecule has 2 aromatic carbocycles. The largest absolute Gasteiger partial charge is 0.399 e. The third-order valence-corrected chi connectivity index (χ3v) is 3.57. The molecule has 1 aliphatic carbocycles. The first-order valence-electron chi connectivity index (χ1n) is 6.34. The van der Waals surface area contributed by atoms with Crippen molar-refractivity contribution in [2.45, 2.75) is 18.9 Å². The maximum Gasteiger partial charge on any atom is 0.182 e. The van der Waals surface area contributed by atoms with Crippen LogP contribution in [0.4, 0.5) is 24.5 Å². The third kappa shape index (κ3) is 2.19. The summed E-state index contributed by atoms with van der Waals surface area (Å²) < 4.78 is 40.0. The Kier molecular flexibility index (Phi) is 3.04. The van der Waals surface area contributed by atoms with Gasteiger partial charge >= 0.3 is 0 Å². The third-order valence-electron chi connectivity index (χ3n) is 3.57. The fourth-order valence-electron chi connectivity index (χ4n) is 2.64. The van der Waals surface area contributed by atoms with Crippen molar-refractivity contribution >= 4 is 11.4 Å². The zero-order valence-electron chi connectivity index (χ0n) is 10.6. The molecule has 1 atom stereocenters. The molecule has 0 aliphatic heterocycles. The Balaban J connectivity index is 1.91. The molecule has 2 aromatic rings. The summed E-state index contributed by atoms with van der Waals surface area (Å²) in [6.07, 6.45) is 1.54. The van der Waals surface area contributed by atoms with Crippen molar-refractivity contribution < 1.29 is 13.2 Å². The van der Waals surface area contributed by atoms with E-state index in [0.717, 1.165) is 30.0 Å². The van der Waals surface area contributed by atoms with E-state index in [0.29, 0.717) is 11.8 Å². The number of rotatable bonds is 2. The van der Waals surface area contributed by atoms with Crippen LogP contribution in [0, 0.1) is 17.5 Å². The van der Waals surface area contributed by atoms with Gasteiger partial charge in [-0.1, -0.05) is 6.07 Å². The van der Waals surface area contributed by atoms with E-state index in [-0.39, 0.29) is 11.7 Å². The Morgan fingerprint density at radius 3 is 2.70 bits per heavy atom. The van der Waals surface area contributed by atoms with Gasteiger partial charge < -0.3 is 11.1 Å². The lowest BCUT2D eigenvalue weighted by atomic mass is 10.1. The topological polar surface area (TPSA) is 38.0 Å². The number of nitrogens with two attached hydrogens (primary N) is 1. The number of hydrogen-bond donors (Lipinski definition) is 2. The van der Waals surface area contributed by atoms with Gasteiger partial charge in [0.25, 0.3) is 0 Å². The molecule has 0 fully saturated rings. The van der Waals surface area contributed by atoms with E-state index in [4.69, 9.17) is 5.73 Å². The number of anilines is 2. The van der Waals surface area contributed by atoms with Crippen LogP contribution in [0.5, 0.6) is 0 Å². The van der Waals surface area contributed by atoms with Crippen LogP contribution in [-0.4, -0.2) is 0 Å². The van der Waals surface area contributed by atoms with Gasteiger partial charge in [0.1, 0.15) is 5.82 Å². The van der Waals surface area contributed by atoms with Gasteiger partial charge in [-0.15, -0.1) is 0 Å². The van der Waals surface area contributed by atoms with Gasteiger partial charge in [-0.3, -0.25) is 0 Å². The van der Waals surface area contributed by atoms with E-state index in [1.165, 1.54) is 0 Å². The van der Waals surface area contributed by atoms with Crippen molar-refractivity contribution in [1.82, 2.24) is 0 Å². The molecular formula is C15H13F3N2. The Bertz CT molecular complexity index is 670. The van der Waals surface area contributed by atoms with E-state index >= 15 is 0 Å². The zero-order valence-corrected chi connectivity index (χ0v) is 10.6. The molecule has 0 amide bonds. The first-order chi connectivity index (χ1) is 9.54. The quantitative estimate of drug-likeness (QED) is 0.648. The molecule has 1 aliphatic rings. The minimum Gasteiger partial charge on any atom is -0.399 e. The second kappa shape index (κ2) is 4.74. The maximum absolute atomic E-state index is 13.7. The average molecular weight is 278 g/mol. The molecule has 0 radical (unpaired) electrons. The van der Waals surface area contributed by atoms with Crippen molar-refractivity contribution in [1.29, 1.82) is 0 Å². The molecule has 0 bridgehead atoms. The molecule has 1 unspecified atom stereocenters. The molecule has 0 heterocycles. The molecule has 2 nitrogen and oxygen atoms in total. The van der Waals surface area contributed by atoms with Crippen molar-refractivity contribution in [3.05, 3.63) is 58.9 Å². The highest BCUT2D eigenvalue weighted by molar-refractivity contribution is 5.53. The summed E-state index contributed by atoms with van der Waals surface area (Å²) in [5.74, 6) is -3.06.